The van der Waals surface area contributed by atoms with E-state index in [0.717, 1.165) is 24.9 Å². The van der Waals surface area contributed by atoms with Gasteiger partial charge in [-0.15, -0.1) is 0 Å². The maximum absolute atomic E-state index is 9.76. The summed E-state index contributed by atoms with van der Waals surface area (Å²) < 4.78 is 0. The Labute approximate surface area is 102 Å². The van der Waals surface area contributed by atoms with Crippen LogP contribution in [0.15, 0.2) is 18.2 Å². The molecule has 0 bridgehead atoms. The predicted octanol–water partition coefficient (Wildman–Crippen LogP) is 1.99. The van der Waals surface area contributed by atoms with Crippen molar-refractivity contribution in [2.75, 3.05) is 13.2 Å². The Bertz CT molecular complexity index is 401. The first-order valence-electron chi connectivity index (χ1n) is 6.18. The van der Waals surface area contributed by atoms with Crippen LogP contribution in [0, 0.1) is 5.41 Å². The van der Waals surface area contributed by atoms with Crippen molar-refractivity contribution < 1.29 is 10.2 Å². The predicted molar refractivity (Wildman–Crippen MR) is 68.0 cm³/mol. The first-order chi connectivity index (χ1) is 8.03. The van der Waals surface area contributed by atoms with Gasteiger partial charge in [0.15, 0.2) is 0 Å². The molecule has 0 radical (unpaired) electrons. The minimum atomic E-state index is -0.0976. The number of aromatic hydroxyl groups is 1. The Hall–Kier alpha value is -1.06. The molecule has 17 heavy (non-hydrogen) atoms. The zero-order valence-electron chi connectivity index (χ0n) is 10.5. The minimum Gasteiger partial charge on any atom is -0.508 e. The molecule has 1 aliphatic carbocycles. The fourth-order valence-corrected chi connectivity index (χ4v) is 2.30. The molecule has 3 nitrogen and oxygen atoms in total. The normalized spacial score (nSPS) is 19.4. The van der Waals surface area contributed by atoms with E-state index in [9.17, 15) is 10.2 Å². The van der Waals surface area contributed by atoms with Gasteiger partial charge in [-0.05, 0) is 30.0 Å². The first kappa shape index (κ1) is 12.4. The summed E-state index contributed by atoms with van der Waals surface area (Å²) in [6.07, 6.45) is 1.95. The molecule has 3 N–H and O–H groups in total. The molecule has 0 aliphatic heterocycles. The molecule has 0 spiro atoms. The fraction of sp³-hybridized carbons (Fsp3) is 0.571. The van der Waals surface area contributed by atoms with E-state index in [1.165, 1.54) is 5.56 Å². The second-order valence-electron chi connectivity index (χ2n) is 5.64. The van der Waals surface area contributed by atoms with Crippen LogP contribution in [0.2, 0.25) is 0 Å². The van der Waals surface area contributed by atoms with Crippen LogP contribution in [0.3, 0.4) is 0 Å². The molecule has 1 aromatic rings. The van der Waals surface area contributed by atoms with Crippen LogP contribution in [0.5, 0.6) is 5.75 Å². The molecule has 0 fully saturated rings. The van der Waals surface area contributed by atoms with Gasteiger partial charge in [-0.3, -0.25) is 0 Å². The molecule has 0 saturated heterocycles. The maximum Gasteiger partial charge on any atom is 0.119 e. The highest BCUT2D eigenvalue weighted by molar-refractivity contribution is 5.44. The second kappa shape index (κ2) is 4.67. The van der Waals surface area contributed by atoms with Gasteiger partial charge in [0.2, 0.25) is 0 Å². The van der Waals surface area contributed by atoms with Crippen molar-refractivity contribution in [1.82, 2.24) is 5.32 Å². The number of hydrogen-bond donors (Lipinski definition) is 3. The third kappa shape index (κ3) is 2.61. The standard InChI is InChI=1S/C14H21NO2/c1-14(2,9-16)8-15-12-7-6-11-10(12)4-3-5-13(11)17/h3-5,12,15-17H,6-9H2,1-2H3. The number of rotatable bonds is 4. The summed E-state index contributed by atoms with van der Waals surface area (Å²) in [5.41, 5.74) is 2.19. The lowest BCUT2D eigenvalue weighted by molar-refractivity contribution is 0.153. The van der Waals surface area contributed by atoms with Crippen LogP contribution in [-0.2, 0) is 6.42 Å². The Balaban J connectivity index is 2.05. The van der Waals surface area contributed by atoms with Crippen LogP contribution >= 0.6 is 0 Å². The van der Waals surface area contributed by atoms with E-state index < -0.39 is 0 Å². The molecular weight excluding hydrogens is 214 g/mol. The van der Waals surface area contributed by atoms with Gasteiger partial charge in [-0.2, -0.15) is 0 Å². The van der Waals surface area contributed by atoms with Gasteiger partial charge < -0.3 is 15.5 Å². The highest BCUT2D eigenvalue weighted by Crippen LogP contribution is 2.36. The summed E-state index contributed by atoms with van der Waals surface area (Å²) in [5, 5.41) is 22.5. The van der Waals surface area contributed by atoms with Gasteiger partial charge in [-0.1, -0.05) is 26.0 Å². The average Bonchev–Trinajstić information content (AvgIpc) is 2.71. The summed E-state index contributed by atoms with van der Waals surface area (Å²) in [7, 11) is 0. The van der Waals surface area contributed by atoms with Gasteiger partial charge in [0, 0.05) is 24.6 Å². The molecule has 0 amide bonds. The highest BCUT2D eigenvalue weighted by Gasteiger charge is 2.26. The van der Waals surface area contributed by atoms with Crippen molar-refractivity contribution in [2.24, 2.45) is 5.41 Å². The van der Waals surface area contributed by atoms with Crippen LogP contribution in [0.4, 0.5) is 0 Å². The molecule has 0 saturated carbocycles. The van der Waals surface area contributed by atoms with Crippen LogP contribution in [0.25, 0.3) is 0 Å². The van der Waals surface area contributed by atoms with Crippen molar-refractivity contribution >= 4 is 0 Å². The van der Waals surface area contributed by atoms with E-state index in [4.69, 9.17) is 0 Å². The Kier molecular flexibility index (Phi) is 3.40. The minimum absolute atomic E-state index is 0.0976. The van der Waals surface area contributed by atoms with Gasteiger partial charge in [0.05, 0.1) is 0 Å². The van der Waals surface area contributed by atoms with Gasteiger partial charge in [0.25, 0.3) is 0 Å². The van der Waals surface area contributed by atoms with E-state index in [2.05, 4.69) is 11.4 Å². The lowest BCUT2D eigenvalue weighted by Crippen LogP contribution is -2.34. The molecule has 1 aromatic carbocycles. The highest BCUT2D eigenvalue weighted by atomic mass is 16.3. The number of phenolic OH excluding ortho intramolecular Hbond substituents is 1. The largest absolute Gasteiger partial charge is 0.508 e. The molecule has 2 rings (SSSR count). The van der Waals surface area contributed by atoms with Crippen LogP contribution < -0.4 is 5.32 Å². The Morgan fingerprint density at radius 1 is 1.41 bits per heavy atom. The zero-order chi connectivity index (χ0) is 12.5. The number of aliphatic hydroxyl groups is 1. The Morgan fingerprint density at radius 2 is 2.18 bits per heavy atom. The molecule has 1 unspecified atom stereocenters. The van der Waals surface area contributed by atoms with E-state index >= 15 is 0 Å². The van der Waals surface area contributed by atoms with E-state index in [-0.39, 0.29) is 12.0 Å². The van der Waals surface area contributed by atoms with Crippen molar-refractivity contribution in [3.63, 3.8) is 0 Å². The summed E-state index contributed by atoms with van der Waals surface area (Å²) in [6.45, 7) is 5.04. The van der Waals surface area contributed by atoms with Crippen molar-refractivity contribution in [3.8, 4) is 5.75 Å². The molecule has 94 valence electrons. The molecule has 0 aromatic heterocycles. The number of fused-ring (bicyclic) bond motifs is 1. The zero-order valence-corrected chi connectivity index (χ0v) is 10.5. The van der Waals surface area contributed by atoms with Crippen molar-refractivity contribution in [1.29, 1.82) is 0 Å². The fourth-order valence-electron chi connectivity index (χ4n) is 2.30. The Morgan fingerprint density at radius 3 is 2.88 bits per heavy atom. The van der Waals surface area contributed by atoms with Crippen LogP contribution in [0.1, 0.15) is 37.4 Å². The monoisotopic (exact) mass is 235 g/mol. The molecular formula is C14H21NO2. The van der Waals surface area contributed by atoms with E-state index in [1.807, 2.05) is 19.9 Å². The van der Waals surface area contributed by atoms with Gasteiger partial charge in [0.1, 0.15) is 5.75 Å². The number of hydrogen-bond acceptors (Lipinski definition) is 3. The SMILES string of the molecule is CC(C)(CO)CNC1CCc2c(O)cccc21. The average molecular weight is 235 g/mol. The van der Waals surface area contributed by atoms with Crippen molar-refractivity contribution in [2.45, 2.75) is 32.7 Å². The molecule has 0 heterocycles. The summed E-state index contributed by atoms with van der Waals surface area (Å²) in [5.74, 6) is 0.410. The van der Waals surface area contributed by atoms with Crippen molar-refractivity contribution in [3.05, 3.63) is 29.3 Å². The second-order valence-corrected chi connectivity index (χ2v) is 5.64. The smallest absolute Gasteiger partial charge is 0.119 e. The lowest BCUT2D eigenvalue weighted by atomic mass is 9.94. The van der Waals surface area contributed by atoms with E-state index in [1.54, 1.807) is 6.07 Å². The molecule has 1 atom stereocenters. The molecule has 1 aliphatic rings. The third-order valence-electron chi connectivity index (χ3n) is 3.50. The first-order valence-corrected chi connectivity index (χ1v) is 6.18. The number of aliphatic hydroxyl groups excluding tert-OH is 1. The van der Waals surface area contributed by atoms with E-state index in [0.29, 0.717) is 11.8 Å². The number of phenols is 1. The third-order valence-corrected chi connectivity index (χ3v) is 3.50. The number of benzene rings is 1. The summed E-state index contributed by atoms with van der Waals surface area (Å²) in [4.78, 5) is 0. The van der Waals surface area contributed by atoms with Gasteiger partial charge in [-0.25, -0.2) is 0 Å². The van der Waals surface area contributed by atoms with Crippen LogP contribution in [-0.4, -0.2) is 23.4 Å². The summed E-state index contributed by atoms with van der Waals surface area (Å²) >= 11 is 0. The van der Waals surface area contributed by atoms with Gasteiger partial charge >= 0.3 is 0 Å². The molecule has 3 heteroatoms. The summed E-state index contributed by atoms with van der Waals surface area (Å²) in [6, 6.07) is 6.03. The number of nitrogens with one attached hydrogen (secondary N) is 1. The quantitative estimate of drug-likeness (QED) is 0.748. The topological polar surface area (TPSA) is 52.5 Å². The maximum atomic E-state index is 9.76. The lowest BCUT2D eigenvalue weighted by Gasteiger charge is -2.25.